The first-order valence-corrected chi connectivity index (χ1v) is 14.8. The van der Waals surface area contributed by atoms with E-state index in [-0.39, 0.29) is 24.8 Å². The zero-order valence-electron chi connectivity index (χ0n) is 15.9. The summed E-state index contributed by atoms with van der Waals surface area (Å²) in [6.07, 6.45) is 9.26. The first-order valence-electron chi connectivity index (χ1n) is 9.24. The predicted octanol–water partition coefficient (Wildman–Crippen LogP) is -0.992. The number of halogens is 2. The standard InChI is InChI=1S/C12H21OSi.C9H7.2ClH.Zr/c1-4-11-10(6-5-9-13)7-8-12(11)14(2)3;1-2-5-9-7-3-6-8(9)4-1;;;/h13-14H,4-7,9H2,1-3H3;1-7H;2*1H;/q;;;;+2/p-2. The molecule has 0 saturated carbocycles. The normalized spacial score (nSPS) is 18.0. The Kier molecular flexibility index (Phi) is 10.4. The van der Waals surface area contributed by atoms with Gasteiger partial charge in [-0.2, -0.15) is 0 Å². The van der Waals surface area contributed by atoms with Gasteiger partial charge < -0.3 is 24.8 Å². The van der Waals surface area contributed by atoms with Crippen molar-refractivity contribution in [3.63, 3.8) is 0 Å². The third kappa shape index (κ3) is 5.11. The molecule has 0 heterocycles. The molecule has 5 heteroatoms. The number of hydrogen-bond acceptors (Lipinski definition) is 1. The van der Waals surface area contributed by atoms with Crippen LogP contribution in [0.3, 0.4) is 0 Å². The van der Waals surface area contributed by atoms with E-state index >= 15 is 0 Å². The van der Waals surface area contributed by atoms with Gasteiger partial charge in [-0.3, -0.25) is 0 Å². The smallest absolute Gasteiger partial charge is 1.00 e. The summed E-state index contributed by atoms with van der Waals surface area (Å²) in [4.78, 5) is 0. The van der Waals surface area contributed by atoms with Gasteiger partial charge in [-0.05, 0) is 0 Å². The Balaban J connectivity index is 0.00000169. The molecule has 140 valence electrons. The zero-order valence-corrected chi connectivity index (χ0v) is 21.0. The van der Waals surface area contributed by atoms with Gasteiger partial charge in [0.2, 0.25) is 0 Å². The Bertz CT molecular complexity index is 710. The summed E-state index contributed by atoms with van der Waals surface area (Å²) < 4.78 is 2.59. The van der Waals surface area contributed by atoms with Crippen molar-refractivity contribution in [2.75, 3.05) is 6.61 Å². The van der Waals surface area contributed by atoms with Crippen LogP contribution in [0.15, 0.2) is 50.0 Å². The number of benzene rings is 1. The van der Waals surface area contributed by atoms with Gasteiger partial charge in [0, 0.05) is 0 Å². The van der Waals surface area contributed by atoms with E-state index in [0.29, 0.717) is 6.61 Å². The fourth-order valence-corrected chi connectivity index (χ4v) is 12.6. The average molecular weight is 487 g/mol. The Morgan fingerprint density at radius 3 is 2.58 bits per heavy atom. The van der Waals surface area contributed by atoms with E-state index in [1.165, 1.54) is 18.4 Å². The number of allylic oxidation sites excluding steroid dienone is 5. The van der Waals surface area contributed by atoms with Crippen LogP contribution in [-0.2, 0) is 23.2 Å². The fraction of sp³-hybridized carbons (Fsp3) is 0.429. The van der Waals surface area contributed by atoms with Crippen LogP contribution in [0.25, 0.3) is 6.08 Å². The molecule has 0 spiro atoms. The van der Waals surface area contributed by atoms with Gasteiger partial charge >= 0.3 is 160 Å². The minimum absolute atomic E-state index is 0. The first-order chi connectivity index (χ1) is 11.7. The summed E-state index contributed by atoms with van der Waals surface area (Å²) in [6, 6.07) is 8.95. The van der Waals surface area contributed by atoms with E-state index in [1.54, 1.807) is 16.7 Å². The van der Waals surface area contributed by atoms with E-state index in [9.17, 15) is 5.11 Å². The summed E-state index contributed by atoms with van der Waals surface area (Å²) in [7, 11) is -0.798. The Morgan fingerprint density at radius 2 is 1.92 bits per heavy atom. The van der Waals surface area contributed by atoms with Gasteiger partial charge in [0.1, 0.15) is 0 Å². The van der Waals surface area contributed by atoms with Crippen molar-refractivity contribution in [2.24, 2.45) is 0 Å². The molecule has 2 aliphatic carbocycles. The average Bonchev–Trinajstić information content (AvgIpc) is 3.14. The minimum Gasteiger partial charge on any atom is -1.00 e. The quantitative estimate of drug-likeness (QED) is 0.491. The summed E-state index contributed by atoms with van der Waals surface area (Å²) in [6.45, 7) is 7.64. The van der Waals surface area contributed by atoms with Gasteiger partial charge in [0.25, 0.3) is 0 Å². The first kappa shape index (κ1) is 24.1. The number of hydrogen-bond donors (Lipinski definition) is 1. The van der Waals surface area contributed by atoms with Crippen molar-refractivity contribution in [1.29, 1.82) is 0 Å². The van der Waals surface area contributed by atoms with Crippen molar-refractivity contribution in [2.45, 2.75) is 49.3 Å². The Morgan fingerprint density at radius 1 is 1.19 bits per heavy atom. The molecule has 1 unspecified atom stereocenters. The molecule has 0 saturated heterocycles. The van der Waals surface area contributed by atoms with Crippen molar-refractivity contribution in [1.82, 2.24) is 0 Å². The third-order valence-corrected chi connectivity index (χ3v) is 11.7. The maximum atomic E-state index is 9.24. The third-order valence-electron chi connectivity index (χ3n) is 5.16. The second-order valence-electron chi connectivity index (χ2n) is 7.10. The van der Waals surface area contributed by atoms with Crippen molar-refractivity contribution >= 4 is 14.9 Å². The van der Waals surface area contributed by atoms with Crippen molar-refractivity contribution < 1.29 is 53.2 Å². The molecule has 0 bridgehead atoms. The van der Waals surface area contributed by atoms with E-state index < -0.39 is 32.0 Å². The molecule has 0 amide bonds. The molecule has 1 atom stereocenters. The van der Waals surface area contributed by atoms with Gasteiger partial charge in [-0.25, -0.2) is 0 Å². The van der Waals surface area contributed by atoms with Crippen LogP contribution < -0.4 is 24.8 Å². The molecule has 3 rings (SSSR count). The second-order valence-corrected chi connectivity index (χ2v) is 13.7. The van der Waals surface area contributed by atoms with Crippen LogP contribution in [-0.4, -0.2) is 20.5 Å². The molecule has 1 aromatic rings. The molecule has 0 aliphatic heterocycles. The molecule has 26 heavy (non-hydrogen) atoms. The van der Waals surface area contributed by atoms with Crippen LogP contribution in [0.2, 0.25) is 13.1 Å². The van der Waals surface area contributed by atoms with Crippen LogP contribution in [0.5, 0.6) is 0 Å². The molecule has 0 radical (unpaired) electrons. The van der Waals surface area contributed by atoms with Gasteiger partial charge in [0.15, 0.2) is 0 Å². The molecule has 1 nitrogen and oxygen atoms in total. The second kappa shape index (κ2) is 11.2. The van der Waals surface area contributed by atoms with Crippen molar-refractivity contribution in [3.8, 4) is 0 Å². The van der Waals surface area contributed by atoms with Gasteiger partial charge in [-0.15, -0.1) is 0 Å². The van der Waals surface area contributed by atoms with E-state index in [2.05, 4.69) is 56.4 Å². The fourth-order valence-electron chi connectivity index (χ4n) is 4.15. The number of aliphatic hydroxyl groups excluding tert-OH is 1. The molecule has 1 N–H and O–H groups in total. The molecule has 1 aromatic carbocycles. The SMILES string of the molecule is CCC1=C(CCCO)C[C]([Zr+2][CH]2C=Cc3ccccc32)=C1[SiH](C)C.[Cl-].[Cl-]. The largest absolute Gasteiger partial charge is 1.00 e. The zero-order chi connectivity index (χ0) is 17.1. The Labute approximate surface area is 184 Å². The van der Waals surface area contributed by atoms with E-state index in [1.807, 2.05) is 8.48 Å². The van der Waals surface area contributed by atoms with E-state index in [0.717, 1.165) is 16.5 Å². The maximum Gasteiger partial charge on any atom is -1.00 e. The monoisotopic (exact) mass is 484 g/mol. The van der Waals surface area contributed by atoms with Crippen LogP contribution >= 0.6 is 0 Å². The van der Waals surface area contributed by atoms with Crippen LogP contribution in [0.4, 0.5) is 0 Å². The van der Waals surface area contributed by atoms with Crippen LogP contribution in [0, 0.1) is 0 Å². The number of fused-ring (bicyclic) bond motifs is 1. The van der Waals surface area contributed by atoms with Crippen molar-refractivity contribution in [3.05, 3.63) is 61.1 Å². The summed E-state index contributed by atoms with van der Waals surface area (Å²) >= 11 is -0.641. The molecular formula is C21H28Cl2OSiZr. The molecular weight excluding hydrogens is 458 g/mol. The van der Waals surface area contributed by atoms with Crippen LogP contribution in [0.1, 0.15) is 47.4 Å². The number of rotatable bonds is 7. The molecule has 0 fully saturated rings. The van der Waals surface area contributed by atoms with Gasteiger partial charge in [-0.1, -0.05) is 0 Å². The topological polar surface area (TPSA) is 20.2 Å². The summed E-state index contributed by atoms with van der Waals surface area (Å²) in [5, 5.41) is 11.1. The maximum absolute atomic E-state index is 9.24. The minimum atomic E-state index is -0.798. The predicted molar refractivity (Wildman–Crippen MR) is 102 cm³/mol. The van der Waals surface area contributed by atoms with E-state index in [4.69, 9.17) is 0 Å². The molecule has 2 aliphatic rings. The molecule has 0 aromatic heterocycles. The number of aliphatic hydroxyl groups is 1. The summed E-state index contributed by atoms with van der Waals surface area (Å²) in [5.74, 6) is 0. The Hall–Kier alpha value is 0.0800. The summed E-state index contributed by atoms with van der Waals surface area (Å²) in [5.41, 5.74) is 6.36. The van der Waals surface area contributed by atoms with Gasteiger partial charge in [0.05, 0.1) is 0 Å².